The fourth-order valence-corrected chi connectivity index (χ4v) is 1.80. The zero-order valence-corrected chi connectivity index (χ0v) is 24.1. The number of aliphatic hydroxyl groups is 1. The maximum atomic E-state index is 10.6. The minimum Gasteiger partial charge on any atom is -0.478 e. The quantitative estimate of drug-likeness (QED) is 0.192. The van der Waals surface area contributed by atoms with Crippen LogP contribution in [0.5, 0.6) is 0 Å². The number of carboxylic acids is 2. The molecule has 0 bridgehead atoms. The van der Waals surface area contributed by atoms with Crippen molar-refractivity contribution in [1.82, 2.24) is 9.97 Å². The van der Waals surface area contributed by atoms with E-state index in [2.05, 4.69) is 47.2 Å². The van der Waals surface area contributed by atoms with Gasteiger partial charge in [-0.25, -0.2) is 9.59 Å². The normalized spacial score (nSPS) is 8.81. The van der Waals surface area contributed by atoms with Gasteiger partial charge in [-0.3, -0.25) is 9.97 Å². The molecule has 0 aliphatic heterocycles. The summed E-state index contributed by atoms with van der Waals surface area (Å²) in [6.07, 6.45) is 3.11. The van der Waals surface area contributed by atoms with Gasteiger partial charge in [0.15, 0.2) is 0 Å². The molecule has 3 aromatic rings. The van der Waals surface area contributed by atoms with E-state index in [-0.39, 0.29) is 17.7 Å². The van der Waals surface area contributed by atoms with Gasteiger partial charge in [0.1, 0.15) is 0 Å². The molecule has 0 amide bonds. The van der Waals surface area contributed by atoms with E-state index in [1.54, 1.807) is 19.2 Å². The van der Waals surface area contributed by atoms with Crippen molar-refractivity contribution in [2.24, 2.45) is 0 Å². The minimum atomic E-state index is -1.00. The van der Waals surface area contributed by atoms with Gasteiger partial charge >= 0.3 is 62.4 Å². The first-order valence-corrected chi connectivity index (χ1v) is 21.6. The van der Waals surface area contributed by atoms with Crippen LogP contribution in [0.25, 0.3) is 11.0 Å². The van der Waals surface area contributed by atoms with E-state index in [4.69, 9.17) is 26.8 Å². The molecular weight excluding hydrogens is 757 g/mol. The van der Waals surface area contributed by atoms with Crippen molar-refractivity contribution in [3.63, 3.8) is 0 Å². The average Bonchev–Trinajstić information content (AvgIpc) is 2.78. The van der Waals surface area contributed by atoms with Crippen molar-refractivity contribution in [3.8, 4) is 0 Å². The van der Waals surface area contributed by atoms with Crippen LogP contribution >= 0.6 is 37.2 Å². The maximum absolute atomic E-state index is 10.6. The Kier molecular flexibility index (Phi) is 20.5. The van der Waals surface area contributed by atoms with Crippen LogP contribution in [0.2, 0.25) is 0 Å². The Labute approximate surface area is 216 Å². The zero-order chi connectivity index (χ0) is 25.1. The van der Waals surface area contributed by atoms with Crippen molar-refractivity contribution in [1.29, 1.82) is 0 Å². The molecule has 0 fully saturated rings. The van der Waals surface area contributed by atoms with Gasteiger partial charge in [0, 0.05) is 19.0 Å². The topological polar surface area (TPSA) is 173 Å². The second-order valence-corrected chi connectivity index (χ2v) is 21.3. The average molecular weight is 783 g/mol. The van der Waals surface area contributed by atoms with Crippen molar-refractivity contribution in [2.75, 3.05) is 18.1 Å². The molecule has 0 radical (unpaired) electrons. The largest absolute Gasteiger partial charge is 0.478 e. The third kappa shape index (κ3) is 13.8. The molecule has 2 aromatic carbocycles. The van der Waals surface area contributed by atoms with E-state index in [1.807, 2.05) is 13.8 Å². The standard InChI is InChI=1S/C9H6N2O2.C7H8N2O2.C2H6O.C2H6.I3/c12-9(13)6-1-2-7-8(5-6)11-4-3-10-7;8-5-2-1-4(7(10)11)3-6(5)9;1-2-3;1-2;1-3-2/h1-5H,(H,12,13);1-3H,8-9H2,(H,10,11);3H,2H2,1H3;1-2H3;/q;;;;-1. The van der Waals surface area contributed by atoms with Crippen molar-refractivity contribution < 1.29 is 38.2 Å². The number of aliphatic hydroxyl groups excluding tert-OH is 1. The number of nitrogens with two attached hydrogens (primary N) is 2. The number of benzene rings is 2. The van der Waals surface area contributed by atoms with Gasteiger partial charge in [-0.15, -0.1) is 0 Å². The van der Waals surface area contributed by atoms with Gasteiger partial charge in [0.25, 0.3) is 0 Å². The van der Waals surface area contributed by atoms with Crippen LogP contribution in [0, 0.1) is 0 Å². The molecule has 0 aliphatic rings. The number of aromatic carboxylic acids is 2. The molecule has 0 saturated heterocycles. The van der Waals surface area contributed by atoms with Gasteiger partial charge in [0.2, 0.25) is 0 Å². The van der Waals surface area contributed by atoms with Crippen LogP contribution in [0.1, 0.15) is 41.5 Å². The Morgan fingerprint density at radius 2 is 1.28 bits per heavy atom. The van der Waals surface area contributed by atoms with Crippen LogP contribution in [0.3, 0.4) is 0 Å². The molecular formula is C20H26I3N4O5-. The monoisotopic (exact) mass is 783 g/mol. The summed E-state index contributed by atoms with van der Waals surface area (Å²) in [5.74, 6) is -1.95. The van der Waals surface area contributed by atoms with Crippen molar-refractivity contribution in [2.45, 2.75) is 20.8 Å². The molecule has 0 spiro atoms. The number of carbonyl (C=O) groups is 2. The van der Waals surface area contributed by atoms with Crippen LogP contribution in [0.4, 0.5) is 11.4 Å². The van der Waals surface area contributed by atoms with Crippen LogP contribution < -0.4 is 24.7 Å². The summed E-state index contributed by atoms with van der Waals surface area (Å²) < 4.78 is 0. The molecule has 1 aromatic heterocycles. The number of hydrogen-bond donors (Lipinski definition) is 5. The van der Waals surface area contributed by atoms with E-state index < -0.39 is 11.9 Å². The molecule has 0 aliphatic carbocycles. The molecule has 32 heavy (non-hydrogen) atoms. The van der Waals surface area contributed by atoms with Gasteiger partial charge in [-0.1, -0.05) is 13.8 Å². The molecule has 178 valence electrons. The molecule has 12 heteroatoms. The number of carboxylic acid groups (broad SMARTS) is 2. The summed E-state index contributed by atoms with van der Waals surface area (Å²) in [7, 11) is 0. The summed E-state index contributed by atoms with van der Waals surface area (Å²) in [5, 5.41) is 24.8. The molecule has 7 N–H and O–H groups in total. The van der Waals surface area contributed by atoms with E-state index in [9.17, 15) is 9.59 Å². The summed E-state index contributed by atoms with van der Waals surface area (Å²) in [4.78, 5) is 29.0. The fourth-order valence-electron chi connectivity index (χ4n) is 1.80. The summed E-state index contributed by atoms with van der Waals surface area (Å²) in [5.41, 5.74) is 13.1. The van der Waals surface area contributed by atoms with Gasteiger partial charge < -0.3 is 26.8 Å². The molecule has 0 unspecified atom stereocenters. The van der Waals surface area contributed by atoms with Crippen LogP contribution in [-0.2, 0) is 0 Å². The first-order chi connectivity index (χ1) is 15.2. The number of halogens is 3. The summed E-state index contributed by atoms with van der Waals surface area (Å²) in [6, 6.07) is 8.88. The van der Waals surface area contributed by atoms with Crippen LogP contribution in [-0.4, -0.2) is 43.8 Å². The summed E-state index contributed by atoms with van der Waals surface area (Å²) in [6.45, 7) is 5.93. The SMILES string of the molecule is CC.CCO.I[I-]I.Nc1ccc(C(=O)O)cc1N.O=C(O)c1ccc2nccnc2c1. The number of fused-ring (bicyclic) bond motifs is 1. The predicted molar refractivity (Wildman–Crippen MR) is 141 cm³/mol. The second kappa shape index (κ2) is 20.1. The molecule has 3 rings (SSSR count). The molecule has 9 nitrogen and oxygen atoms in total. The Morgan fingerprint density at radius 3 is 1.72 bits per heavy atom. The Bertz CT molecular complexity index is 959. The second-order valence-electron chi connectivity index (χ2n) is 5.08. The Hall–Kier alpha value is -1.53. The third-order valence-electron chi connectivity index (χ3n) is 3.05. The Morgan fingerprint density at radius 1 is 0.875 bits per heavy atom. The molecule has 1 heterocycles. The smallest absolute Gasteiger partial charge is 0.335 e. The van der Waals surface area contributed by atoms with Crippen LogP contribution in [0.15, 0.2) is 48.8 Å². The molecule has 0 atom stereocenters. The maximum Gasteiger partial charge on any atom is 0.335 e. The Balaban J connectivity index is 0. The fraction of sp³-hybridized carbons (Fsp3) is 0.200. The number of rotatable bonds is 2. The summed E-state index contributed by atoms with van der Waals surface area (Å²) >= 11 is 5.30. The van der Waals surface area contributed by atoms with E-state index in [1.165, 1.54) is 36.5 Å². The third-order valence-corrected chi connectivity index (χ3v) is 3.05. The van der Waals surface area contributed by atoms with E-state index >= 15 is 0 Å². The number of nitrogens with zero attached hydrogens (tertiary/aromatic N) is 2. The van der Waals surface area contributed by atoms with Gasteiger partial charge in [-0.2, -0.15) is 0 Å². The predicted octanol–water partition coefficient (Wildman–Crippen LogP) is 1.68. The van der Waals surface area contributed by atoms with Crippen molar-refractivity contribution >= 4 is 71.6 Å². The zero-order valence-electron chi connectivity index (χ0n) is 17.7. The van der Waals surface area contributed by atoms with E-state index in [0.29, 0.717) is 35.7 Å². The van der Waals surface area contributed by atoms with Gasteiger partial charge in [-0.05, 0) is 43.3 Å². The molecule has 0 saturated carbocycles. The first kappa shape index (κ1) is 32.6. The van der Waals surface area contributed by atoms with Crippen molar-refractivity contribution in [3.05, 3.63) is 59.9 Å². The van der Waals surface area contributed by atoms with Gasteiger partial charge in [0.05, 0.1) is 33.5 Å². The number of aromatic nitrogens is 2. The first-order valence-electron chi connectivity index (χ1n) is 9.01. The number of hydrogen-bond acceptors (Lipinski definition) is 7. The van der Waals surface area contributed by atoms with E-state index in [0.717, 1.165) is 0 Å². The minimum absolute atomic E-state index is 0.150. The number of anilines is 2. The number of nitrogen functional groups attached to an aromatic ring is 2.